The van der Waals surface area contributed by atoms with Gasteiger partial charge in [0.25, 0.3) is 0 Å². The van der Waals surface area contributed by atoms with E-state index in [4.69, 9.17) is 5.73 Å². The number of thiophene rings is 1. The van der Waals surface area contributed by atoms with E-state index < -0.39 is 0 Å². The molecular formula is C14H16BrN3S. The van der Waals surface area contributed by atoms with E-state index in [9.17, 15) is 0 Å². The highest BCUT2D eigenvalue weighted by atomic mass is 79.9. The third-order valence-electron chi connectivity index (χ3n) is 2.53. The lowest BCUT2D eigenvalue weighted by Gasteiger charge is -2.07. The number of nitrogens with two attached hydrogens (primary N) is 1. The molecule has 2 rings (SSSR count). The molecule has 1 heterocycles. The molecule has 0 aliphatic heterocycles. The molecule has 0 spiro atoms. The standard InChI is InChI=1S/C14H16BrN3S/c1-9-5-10(2)7-11(6-9)18-14(16)17-8-12-3-4-13(15)19-12/h3-7H,8H2,1-2H3,(H3,16,17,18). The summed E-state index contributed by atoms with van der Waals surface area (Å²) < 4.78 is 1.11. The predicted octanol–water partition coefficient (Wildman–Crippen LogP) is 4.05. The van der Waals surface area contributed by atoms with Crippen LogP contribution in [0.1, 0.15) is 16.0 Å². The molecule has 0 atom stereocenters. The summed E-state index contributed by atoms with van der Waals surface area (Å²) in [5.41, 5.74) is 9.28. The number of nitrogens with zero attached hydrogens (tertiary/aromatic N) is 1. The SMILES string of the molecule is Cc1cc(C)cc(NC(N)=NCc2ccc(Br)s2)c1. The molecule has 0 saturated carbocycles. The molecule has 100 valence electrons. The summed E-state index contributed by atoms with van der Waals surface area (Å²) in [6, 6.07) is 10.3. The Morgan fingerprint density at radius 1 is 1.26 bits per heavy atom. The molecule has 0 unspecified atom stereocenters. The van der Waals surface area contributed by atoms with Gasteiger partial charge in [-0.2, -0.15) is 0 Å². The Hall–Kier alpha value is -1.33. The number of hydrogen-bond donors (Lipinski definition) is 2. The zero-order chi connectivity index (χ0) is 13.8. The number of benzene rings is 1. The second-order valence-electron chi connectivity index (χ2n) is 4.41. The van der Waals surface area contributed by atoms with Crippen LogP contribution in [0.2, 0.25) is 0 Å². The van der Waals surface area contributed by atoms with E-state index in [-0.39, 0.29) is 0 Å². The minimum absolute atomic E-state index is 0.439. The molecule has 1 aromatic carbocycles. The van der Waals surface area contributed by atoms with Gasteiger partial charge >= 0.3 is 0 Å². The molecule has 0 amide bonds. The van der Waals surface area contributed by atoms with E-state index in [2.05, 4.69) is 58.3 Å². The van der Waals surface area contributed by atoms with Gasteiger partial charge in [0.15, 0.2) is 5.96 Å². The van der Waals surface area contributed by atoms with Crippen LogP contribution < -0.4 is 11.1 Å². The number of aryl methyl sites for hydroxylation is 2. The van der Waals surface area contributed by atoms with Crippen molar-refractivity contribution in [1.29, 1.82) is 0 Å². The smallest absolute Gasteiger partial charge is 0.193 e. The lowest BCUT2D eigenvalue weighted by atomic mass is 10.1. The van der Waals surface area contributed by atoms with E-state index in [1.807, 2.05) is 12.1 Å². The van der Waals surface area contributed by atoms with Gasteiger partial charge in [0, 0.05) is 10.6 Å². The normalized spacial score (nSPS) is 11.6. The first-order valence-corrected chi connectivity index (χ1v) is 7.53. The maximum absolute atomic E-state index is 5.89. The second-order valence-corrected chi connectivity index (χ2v) is 6.96. The average molecular weight is 338 g/mol. The molecule has 2 aromatic rings. The Kier molecular flexibility index (Phi) is 4.61. The van der Waals surface area contributed by atoms with Gasteiger partial charge in [0.05, 0.1) is 10.3 Å². The van der Waals surface area contributed by atoms with E-state index in [0.29, 0.717) is 12.5 Å². The lowest BCUT2D eigenvalue weighted by Crippen LogP contribution is -2.22. The van der Waals surface area contributed by atoms with Gasteiger partial charge in [-0.15, -0.1) is 11.3 Å². The minimum atomic E-state index is 0.439. The number of guanidine groups is 1. The third kappa shape index (κ3) is 4.36. The summed E-state index contributed by atoms with van der Waals surface area (Å²) in [6.07, 6.45) is 0. The van der Waals surface area contributed by atoms with Gasteiger partial charge in [0.2, 0.25) is 0 Å². The monoisotopic (exact) mass is 337 g/mol. The third-order valence-corrected chi connectivity index (χ3v) is 4.14. The van der Waals surface area contributed by atoms with Crippen molar-refractivity contribution in [2.24, 2.45) is 10.7 Å². The molecular weight excluding hydrogens is 322 g/mol. The molecule has 5 heteroatoms. The predicted molar refractivity (Wildman–Crippen MR) is 86.9 cm³/mol. The Labute approximate surface area is 125 Å². The number of anilines is 1. The van der Waals surface area contributed by atoms with Crippen LogP contribution in [0, 0.1) is 13.8 Å². The van der Waals surface area contributed by atoms with Gasteiger partial charge in [-0.25, -0.2) is 4.99 Å². The number of nitrogens with one attached hydrogen (secondary N) is 1. The number of hydrogen-bond acceptors (Lipinski definition) is 2. The van der Waals surface area contributed by atoms with Gasteiger partial charge in [0.1, 0.15) is 0 Å². The summed E-state index contributed by atoms with van der Waals surface area (Å²) in [6.45, 7) is 4.73. The molecule has 0 aliphatic carbocycles. The Balaban J connectivity index is 2.01. The maximum atomic E-state index is 5.89. The van der Waals surface area contributed by atoms with Gasteiger partial charge in [-0.05, 0) is 65.2 Å². The quantitative estimate of drug-likeness (QED) is 0.655. The number of rotatable bonds is 3. The van der Waals surface area contributed by atoms with Gasteiger partial charge in [-0.1, -0.05) is 6.07 Å². The molecule has 3 N–H and O–H groups in total. The average Bonchev–Trinajstić information content (AvgIpc) is 2.71. The van der Waals surface area contributed by atoms with Crippen LogP contribution in [0.4, 0.5) is 5.69 Å². The van der Waals surface area contributed by atoms with Crippen molar-refractivity contribution in [1.82, 2.24) is 0 Å². The van der Waals surface area contributed by atoms with Crippen molar-refractivity contribution in [2.45, 2.75) is 20.4 Å². The first-order chi connectivity index (χ1) is 9.02. The molecule has 0 saturated heterocycles. The summed E-state index contributed by atoms with van der Waals surface area (Å²) in [7, 11) is 0. The van der Waals surface area contributed by atoms with Crippen molar-refractivity contribution in [3.8, 4) is 0 Å². The van der Waals surface area contributed by atoms with Gasteiger partial charge in [-0.3, -0.25) is 0 Å². The fourth-order valence-corrected chi connectivity index (χ4v) is 3.24. The Morgan fingerprint density at radius 3 is 2.53 bits per heavy atom. The molecule has 3 nitrogen and oxygen atoms in total. The second kappa shape index (κ2) is 6.21. The fraction of sp³-hybridized carbons (Fsp3) is 0.214. The molecule has 0 aliphatic rings. The van der Waals surface area contributed by atoms with Crippen LogP contribution in [0.3, 0.4) is 0 Å². The highest BCUT2D eigenvalue weighted by Gasteiger charge is 1.99. The topological polar surface area (TPSA) is 50.4 Å². The first-order valence-electron chi connectivity index (χ1n) is 5.92. The number of aliphatic imine (C=N–C) groups is 1. The van der Waals surface area contributed by atoms with Crippen molar-refractivity contribution in [3.05, 3.63) is 50.1 Å². The molecule has 0 bridgehead atoms. The van der Waals surface area contributed by atoms with Crippen LogP contribution in [0.15, 0.2) is 39.1 Å². The molecule has 19 heavy (non-hydrogen) atoms. The summed E-state index contributed by atoms with van der Waals surface area (Å²) in [5.74, 6) is 0.439. The van der Waals surface area contributed by atoms with E-state index in [1.54, 1.807) is 11.3 Å². The van der Waals surface area contributed by atoms with E-state index >= 15 is 0 Å². The zero-order valence-corrected chi connectivity index (χ0v) is 13.3. The summed E-state index contributed by atoms with van der Waals surface area (Å²) >= 11 is 5.10. The Bertz CT molecular complexity index is 584. The van der Waals surface area contributed by atoms with Gasteiger partial charge < -0.3 is 11.1 Å². The van der Waals surface area contributed by atoms with Crippen LogP contribution in [-0.2, 0) is 6.54 Å². The van der Waals surface area contributed by atoms with Crippen LogP contribution >= 0.6 is 27.3 Å². The van der Waals surface area contributed by atoms with Crippen molar-refractivity contribution < 1.29 is 0 Å². The molecule has 0 radical (unpaired) electrons. The molecule has 1 aromatic heterocycles. The zero-order valence-electron chi connectivity index (χ0n) is 10.9. The minimum Gasteiger partial charge on any atom is -0.370 e. The molecule has 0 fully saturated rings. The van der Waals surface area contributed by atoms with Crippen molar-refractivity contribution >= 4 is 38.9 Å². The lowest BCUT2D eigenvalue weighted by molar-refractivity contribution is 1.09. The summed E-state index contributed by atoms with van der Waals surface area (Å²) in [4.78, 5) is 5.51. The first kappa shape index (κ1) is 14.1. The van der Waals surface area contributed by atoms with E-state index in [0.717, 1.165) is 9.47 Å². The van der Waals surface area contributed by atoms with Crippen LogP contribution in [0.25, 0.3) is 0 Å². The highest BCUT2D eigenvalue weighted by Crippen LogP contribution is 2.22. The maximum Gasteiger partial charge on any atom is 0.193 e. The van der Waals surface area contributed by atoms with Crippen LogP contribution in [-0.4, -0.2) is 5.96 Å². The number of halogens is 1. The van der Waals surface area contributed by atoms with E-state index in [1.165, 1.54) is 16.0 Å². The highest BCUT2D eigenvalue weighted by molar-refractivity contribution is 9.11. The van der Waals surface area contributed by atoms with Crippen molar-refractivity contribution in [2.75, 3.05) is 5.32 Å². The van der Waals surface area contributed by atoms with Crippen LogP contribution in [0.5, 0.6) is 0 Å². The fourth-order valence-electron chi connectivity index (χ4n) is 1.83. The van der Waals surface area contributed by atoms with Crippen molar-refractivity contribution in [3.63, 3.8) is 0 Å². The Morgan fingerprint density at radius 2 is 1.95 bits per heavy atom. The summed E-state index contributed by atoms with van der Waals surface area (Å²) in [5, 5.41) is 3.12. The largest absolute Gasteiger partial charge is 0.370 e.